The van der Waals surface area contributed by atoms with Crippen LogP contribution in [0.3, 0.4) is 0 Å². The van der Waals surface area contributed by atoms with Crippen molar-refractivity contribution < 1.29 is 13.9 Å². The summed E-state index contributed by atoms with van der Waals surface area (Å²) in [6, 6.07) is 1.84. The minimum absolute atomic E-state index is 0.102. The number of carbonyl (C=O) groups is 1. The topological polar surface area (TPSA) is 42.7 Å². The fourth-order valence-corrected chi connectivity index (χ4v) is 4.72. The quantitative estimate of drug-likeness (QED) is 0.860. The van der Waals surface area contributed by atoms with Crippen LogP contribution in [0.5, 0.6) is 0 Å². The van der Waals surface area contributed by atoms with Gasteiger partial charge in [0.2, 0.25) is 0 Å². The van der Waals surface area contributed by atoms with Gasteiger partial charge in [-0.15, -0.1) is 11.8 Å². The minimum Gasteiger partial charge on any atom is -0.466 e. The average molecular weight is 295 g/mol. The first-order valence-corrected chi connectivity index (χ1v) is 8.13. The summed E-state index contributed by atoms with van der Waals surface area (Å²) >= 11 is 1.96. The van der Waals surface area contributed by atoms with Crippen LogP contribution in [0.1, 0.15) is 35.2 Å². The Morgan fingerprint density at radius 3 is 2.90 bits per heavy atom. The van der Waals surface area contributed by atoms with Crippen LogP contribution in [-0.2, 0) is 4.74 Å². The number of furan rings is 1. The molecule has 110 valence electrons. The minimum atomic E-state index is 0.102. The molecule has 0 aromatic carbocycles. The molecule has 20 heavy (non-hydrogen) atoms. The highest BCUT2D eigenvalue weighted by Crippen LogP contribution is 2.46. The van der Waals surface area contributed by atoms with E-state index in [1.807, 2.05) is 43.5 Å². The molecule has 1 spiro atoms. The number of thioether (sulfide) groups is 1. The molecular formula is C15H21NO3S. The number of hydrogen-bond acceptors (Lipinski definition) is 4. The van der Waals surface area contributed by atoms with Gasteiger partial charge in [-0.2, -0.15) is 0 Å². The summed E-state index contributed by atoms with van der Waals surface area (Å²) in [5, 5.41) is 0. The van der Waals surface area contributed by atoms with Gasteiger partial charge < -0.3 is 14.1 Å². The summed E-state index contributed by atoms with van der Waals surface area (Å²) < 4.78 is 11.4. The Labute approximate surface area is 123 Å². The first-order chi connectivity index (χ1) is 9.53. The predicted molar refractivity (Wildman–Crippen MR) is 79.3 cm³/mol. The van der Waals surface area contributed by atoms with Crippen LogP contribution in [0.25, 0.3) is 0 Å². The lowest BCUT2D eigenvalue weighted by Crippen LogP contribution is -2.60. The molecule has 2 aliphatic rings. The maximum atomic E-state index is 12.4. The van der Waals surface area contributed by atoms with E-state index in [0.717, 1.165) is 43.4 Å². The van der Waals surface area contributed by atoms with Gasteiger partial charge in [0.05, 0.1) is 16.4 Å². The summed E-state index contributed by atoms with van der Waals surface area (Å²) in [5.41, 5.74) is 0.710. The largest absolute Gasteiger partial charge is 0.466 e. The van der Waals surface area contributed by atoms with Crippen LogP contribution in [0.15, 0.2) is 10.5 Å². The highest BCUT2D eigenvalue weighted by atomic mass is 32.2. The number of likely N-dealkylation sites (tertiary alicyclic amines) is 1. The Morgan fingerprint density at radius 2 is 2.30 bits per heavy atom. The molecule has 2 fully saturated rings. The molecule has 1 amide bonds. The molecule has 1 aromatic heterocycles. The van der Waals surface area contributed by atoms with E-state index in [1.54, 1.807) is 0 Å². The molecule has 3 rings (SSSR count). The van der Waals surface area contributed by atoms with Crippen LogP contribution in [0.2, 0.25) is 0 Å². The van der Waals surface area contributed by atoms with Gasteiger partial charge in [-0.3, -0.25) is 4.79 Å². The van der Waals surface area contributed by atoms with E-state index < -0.39 is 0 Å². The first kappa shape index (κ1) is 14.0. The van der Waals surface area contributed by atoms with Gasteiger partial charge in [0.1, 0.15) is 11.5 Å². The van der Waals surface area contributed by atoms with Gasteiger partial charge in [0.25, 0.3) is 5.91 Å². The zero-order valence-electron chi connectivity index (χ0n) is 12.3. The van der Waals surface area contributed by atoms with Crippen molar-refractivity contribution in [3.05, 3.63) is 23.2 Å². The van der Waals surface area contributed by atoms with E-state index in [1.165, 1.54) is 0 Å². The lowest BCUT2D eigenvalue weighted by molar-refractivity contribution is 0.0358. The van der Waals surface area contributed by atoms with Gasteiger partial charge in [-0.25, -0.2) is 0 Å². The smallest absolute Gasteiger partial charge is 0.257 e. The van der Waals surface area contributed by atoms with E-state index in [4.69, 9.17) is 9.15 Å². The fraction of sp³-hybridized carbons (Fsp3) is 0.667. The van der Waals surface area contributed by atoms with Crippen molar-refractivity contribution in [1.82, 2.24) is 4.90 Å². The van der Waals surface area contributed by atoms with Gasteiger partial charge in [0.15, 0.2) is 0 Å². The number of hydrogen-bond donors (Lipinski definition) is 0. The van der Waals surface area contributed by atoms with Crippen molar-refractivity contribution in [2.24, 2.45) is 0 Å². The predicted octanol–water partition coefficient (Wildman–Crippen LogP) is 2.63. The maximum Gasteiger partial charge on any atom is 0.257 e. The summed E-state index contributed by atoms with van der Waals surface area (Å²) in [7, 11) is 0. The standard InChI is InChI=1S/C15H21NO3S/c1-4-18-12-6-15(20-7-12)8-16(9-15)14(17)13-5-10(2)19-11(13)3/h5,12H,4,6-9H2,1-3H3/t12-/m1/s1. The second kappa shape index (κ2) is 5.11. The van der Waals surface area contributed by atoms with Crippen LogP contribution in [-0.4, -0.2) is 47.1 Å². The Hall–Kier alpha value is -0.940. The average Bonchev–Trinajstić information content (AvgIpc) is 2.91. The summed E-state index contributed by atoms with van der Waals surface area (Å²) in [4.78, 5) is 14.4. The van der Waals surface area contributed by atoms with Crippen LogP contribution in [0, 0.1) is 13.8 Å². The first-order valence-electron chi connectivity index (χ1n) is 7.15. The second-order valence-electron chi connectivity index (χ2n) is 5.76. The molecule has 2 aliphatic heterocycles. The van der Waals surface area contributed by atoms with Gasteiger partial charge >= 0.3 is 0 Å². The zero-order valence-corrected chi connectivity index (χ0v) is 13.1. The van der Waals surface area contributed by atoms with Crippen molar-refractivity contribution in [2.45, 2.75) is 38.0 Å². The highest BCUT2D eigenvalue weighted by Gasteiger charge is 2.51. The molecule has 0 bridgehead atoms. The van der Waals surface area contributed by atoms with Gasteiger partial charge in [-0.1, -0.05) is 0 Å². The molecule has 0 saturated carbocycles. The summed E-state index contributed by atoms with van der Waals surface area (Å²) in [6.45, 7) is 8.22. The van der Waals surface area contributed by atoms with Crippen LogP contribution < -0.4 is 0 Å². The highest BCUT2D eigenvalue weighted by molar-refractivity contribution is 8.01. The van der Waals surface area contributed by atoms with Crippen LogP contribution in [0.4, 0.5) is 0 Å². The van der Waals surface area contributed by atoms with Crippen molar-refractivity contribution in [3.63, 3.8) is 0 Å². The molecule has 0 unspecified atom stereocenters. The molecule has 3 heterocycles. The van der Waals surface area contributed by atoms with Gasteiger partial charge in [-0.05, 0) is 33.3 Å². The molecule has 1 aromatic rings. The summed E-state index contributed by atoms with van der Waals surface area (Å²) in [6.07, 6.45) is 1.43. The van der Waals surface area contributed by atoms with E-state index in [-0.39, 0.29) is 10.7 Å². The van der Waals surface area contributed by atoms with Crippen molar-refractivity contribution in [1.29, 1.82) is 0 Å². The summed E-state index contributed by atoms with van der Waals surface area (Å²) in [5.74, 6) is 2.68. The zero-order chi connectivity index (χ0) is 14.3. The Balaban J connectivity index is 1.61. The molecule has 5 heteroatoms. The third kappa shape index (κ3) is 2.37. The Morgan fingerprint density at radius 1 is 1.55 bits per heavy atom. The molecule has 0 aliphatic carbocycles. The van der Waals surface area contributed by atoms with E-state index in [0.29, 0.717) is 11.7 Å². The van der Waals surface area contributed by atoms with E-state index in [2.05, 4.69) is 0 Å². The Kier molecular flexibility index (Phi) is 3.58. The van der Waals surface area contributed by atoms with Crippen molar-refractivity contribution in [3.8, 4) is 0 Å². The molecular weight excluding hydrogens is 274 g/mol. The Bertz CT molecular complexity index is 519. The number of ether oxygens (including phenoxy) is 1. The number of aryl methyl sites for hydroxylation is 2. The molecule has 0 N–H and O–H groups in total. The third-order valence-corrected chi connectivity index (χ3v) is 5.67. The maximum absolute atomic E-state index is 12.4. The number of rotatable bonds is 3. The number of nitrogens with zero attached hydrogens (tertiary/aromatic N) is 1. The number of carbonyl (C=O) groups excluding carboxylic acids is 1. The fourth-order valence-electron chi connectivity index (χ4n) is 3.17. The molecule has 4 nitrogen and oxygen atoms in total. The van der Waals surface area contributed by atoms with Crippen molar-refractivity contribution >= 4 is 17.7 Å². The lowest BCUT2D eigenvalue weighted by atomic mass is 9.92. The van der Waals surface area contributed by atoms with Crippen molar-refractivity contribution in [2.75, 3.05) is 25.4 Å². The SMILES string of the molecule is CCO[C@H]1CSC2(C1)CN(C(=O)c1cc(C)oc1C)C2. The third-order valence-electron chi connectivity index (χ3n) is 4.09. The number of amides is 1. The lowest BCUT2D eigenvalue weighted by Gasteiger charge is -2.47. The van der Waals surface area contributed by atoms with Crippen LogP contribution >= 0.6 is 11.8 Å². The van der Waals surface area contributed by atoms with E-state index in [9.17, 15) is 4.79 Å². The normalized spacial score (nSPS) is 24.1. The van der Waals surface area contributed by atoms with Gasteiger partial charge in [0, 0.05) is 25.4 Å². The second-order valence-corrected chi connectivity index (χ2v) is 7.25. The molecule has 0 radical (unpaired) electrons. The van der Waals surface area contributed by atoms with E-state index >= 15 is 0 Å². The molecule has 1 atom stereocenters. The monoisotopic (exact) mass is 295 g/mol. The molecule has 2 saturated heterocycles.